The van der Waals surface area contributed by atoms with E-state index >= 15 is 0 Å². The van der Waals surface area contributed by atoms with Crippen molar-refractivity contribution in [2.45, 2.75) is 13.0 Å². The number of nitrogens with two attached hydrogens (primary N) is 1. The maximum Gasteiger partial charge on any atom is 0.220 e. The number of anilines is 1. The Morgan fingerprint density at radius 1 is 0.656 bits per heavy atom. The zero-order chi connectivity index (χ0) is 21.8. The van der Waals surface area contributed by atoms with Crippen molar-refractivity contribution >= 4 is 17.0 Å². The first-order chi connectivity index (χ1) is 15.8. The standard InChI is InChI=1S/C27H22N4O/c28-27-30-23-16-15-22(29-26(23)24(31-27)17-19-9-3-1-4-10-19)21-13-7-8-14-25(21)32-18-20-11-5-2-6-12-20/h1-16H,17-18H2,(H2,28,30,31). The van der Waals surface area contributed by atoms with E-state index in [9.17, 15) is 0 Å². The van der Waals surface area contributed by atoms with Gasteiger partial charge < -0.3 is 10.5 Å². The van der Waals surface area contributed by atoms with Crippen LogP contribution in [0.15, 0.2) is 97.1 Å². The van der Waals surface area contributed by atoms with Crippen LogP contribution in [0.5, 0.6) is 5.75 Å². The maximum atomic E-state index is 6.14. The molecule has 0 atom stereocenters. The van der Waals surface area contributed by atoms with E-state index in [1.165, 1.54) is 0 Å². The van der Waals surface area contributed by atoms with Gasteiger partial charge in [-0.1, -0.05) is 72.8 Å². The van der Waals surface area contributed by atoms with Gasteiger partial charge in [0.05, 0.1) is 16.9 Å². The number of hydrogen-bond acceptors (Lipinski definition) is 5. The van der Waals surface area contributed by atoms with E-state index in [4.69, 9.17) is 15.5 Å². The van der Waals surface area contributed by atoms with Gasteiger partial charge in [0.25, 0.3) is 0 Å². The molecule has 0 unspecified atom stereocenters. The van der Waals surface area contributed by atoms with Crippen LogP contribution in [0, 0.1) is 0 Å². The van der Waals surface area contributed by atoms with Crippen molar-refractivity contribution in [2.75, 3.05) is 5.73 Å². The van der Waals surface area contributed by atoms with E-state index in [0.717, 1.165) is 44.9 Å². The largest absolute Gasteiger partial charge is 0.488 e. The summed E-state index contributed by atoms with van der Waals surface area (Å²) < 4.78 is 6.14. The van der Waals surface area contributed by atoms with Crippen LogP contribution in [0.1, 0.15) is 16.8 Å². The van der Waals surface area contributed by atoms with Crippen molar-refractivity contribution in [1.29, 1.82) is 0 Å². The lowest BCUT2D eigenvalue weighted by atomic mass is 10.1. The van der Waals surface area contributed by atoms with Crippen LogP contribution >= 0.6 is 0 Å². The molecular formula is C27H22N4O. The second-order valence-electron chi connectivity index (χ2n) is 7.53. The summed E-state index contributed by atoms with van der Waals surface area (Å²) in [6.07, 6.45) is 0.632. The number of nitrogen functional groups attached to an aromatic ring is 1. The van der Waals surface area contributed by atoms with E-state index in [-0.39, 0.29) is 5.95 Å². The van der Waals surface area contributed by atoms with Crippen molar-refractivity contribution in [3.05, 3.63) is 114 Å². The van der Waals surface area contributed by atoms with Gasteiger partial charge >= 0.3 is 0 Å². The number of pyridine rings is 1. The zero-order valence-electron chi connectivity index (χ0n) is 17.5. The highest BCUT2D eigenvalue weighted by atomic mass is 16.5. The normalized spacial score (nSPS) is 10.9. The van der Waals surface area contributed by atoms with Crippen LogP contribution in [0.25, 0.3) is 22.3 Å². The zero-order valence-corrected chi connectivity index (χ0v) is 17.5. The number of benzene rings is 3. The summed E-state index contributed by atoms with van der Waals surface area (Å²) in [5.41, 5.74) is 12.3. The smallest absolute Gasteiger partial charge is 0.220 e. The molecule has 2 N–H and O–H groups in total. The Bertz CT molecular complexity index is 1350. The third-order valence-electron chi connectivity index (χ3n) is 5.25. The Morgan fingerprint density at radius 2 is 1.34 bits per heavy atom. The lowest BCUT2D eigenvalue weighted by Crippen LogP contribution is -2.04. The molecule has 5 aromatic rings. The quantitative estimate of drug-likeness (QED) is 0.397. The Kier molecular flexibility index (Phi) is 5.45. The van der Waals surface area contributed by atoms with Crippen LogP contribution in [0.3, 0.4) is 0 Å². The third-order valence-corrected chi connectivity index (χ3v) is 5.25. The van der Waals surface area contributed by atoms with Gasteiger partial charge in [-0.3, -0.25) is 0 Å². The van der Waals surface area contributed by atoms with E-state index < -0.39 is 0 Å². The second-order valence-corrected chi connectivity index (χ2v) is 7.53. The average Bonchev–Trinajstić information content (AvgIpc) is 2.84. The summed E-state index contributed by atoms with van der Waals surface area (Å²) in [6.45, 7) is 0.490. The topological polar surface area (TPSA) is 73.9 Å². The SMILES string of the molecule is Nc1nc(Cc2ccccc2)c2nc(-c3ccccc3OCc3ccccc3)ccc2n1. The Hall–Kier alpha value is -4.25. The van der Waals surface area contributed by atoms with Gasteiger partial charge in [-0.05, 0) is 35.4 Å². The molecule has 0 bridgehead atoms. The fourth-order valence-corrected chi connectivity index (χ4v) is 3.70. The van der Waals surface area contributed by atoms with Crippen molar-refractivity contribution in [1.82, 2.24) is 15.0 Å². The summed E-state index contributed by atoms with van der Waals surface area (Å²) in [7, 11) is 0. The van der Waals surface area contributed by atoms with Crippen LogP contribution in [-0.2, 0) is 13.0 Å². The molecule has 5 nitrogen and oxygen atoms in total. The Labute approximate surface area is 186 Å². The molecular weight excluding hydrogens is 396 g/mol. The molecule has 32 heavy (non-hydrogen) atoms. The van der Waals surface area contributed by atoms with Crippen LogP contribution < -0.4 is 10.5 Å². The fraction of sp³-hybridized carbons (Fsp3) is 0.0741. The minimum atomic E-state index is 0.254. The van der Waals surface area contributed by atoms with Crippen LogP contribution in [0.4, 0.5) is 5.95 Å². The third kappa shape index (κ3) is 4.27. The molecule has 5 rings (SSSR count). The number of para-hydroxylation sites is 1. The summed E-state index contributed by atoms with van der Waals surface area (Å²) in [5, 5.41) is 0. The predicted molar refractivity (Wildman–Crippen MR) is 127 cm³/mol. The lowest BCUT2D eigenvalue weighted by Gasteiger charge is -2.13. The molecule has 0 spiro atoms. The highest BCUT2D eigenvalue weighted by Gasteiger charge is 2.13. The summed E-state index contributed by atoms with van der Waals surface area (Å²) >= 11 is 0. The molecule has 0 fully saturated rings. The van der Waals surface area contributed by atoms with Crippen molar-refractivity contribution in [2.24, 2.45) is 0 Å². The van der Waals surface area contributed by atoms with Gasteiger partial charge in [-0.25, -0.2) is 15.0 Å². The average molecular weight is 419 g/mol. The molecule has 3 aromatic carbocycles. The fourth-order valence-electron chi connectivity index (χ4n) is 3.70. The van der Waals surface area contributed by atoms with Gasteiger partial charge in [0.2, 0.25) is 5.95 Å². The molecule has 0 aliphatic rings. The summed E-state index contributed by atoms with van der Waals surface area (Å²) in [6, 6.07) is 32.1. The molecule has 0 amide bonds. The van der Waals surface area contributed by atoms with E-state index in [1.54, 1.807) is 0 Å². The number of nitrogens with zero attached hydrogens (tertiary/aromatic N) is 3. The minimum Gasteiger partial charge on any atom is -0.488 e. The lowest BCUT2D eigenvalue weighted by molar-refractivity contribution is 0.307. The van der Waals surface area contributed by atoms with Gasteiger partial charge in [-0.2, -0.15) is 0 Å². The molecule has 0 aliphatic heterocycles. The highest BCUT2D eigenvalue weighted by molar-refractivity contribution is 5.82. The molecule has 5 heteroatoms. The summed E-state index contributed by atoms with van der Waals surface area (Å²) in [4.78, 5) is 13.8. The summed E-state index contributed by atoms with van der Waals surface area (Å²) in [5.74, 6) is 1.04. The molecule has 0 aliphatic carbocycles. The molecule has 0 radical (unpaired) electrons. The number of rotatable bonds is 6. The van der Waals surface area contributed by atoms with Gasteiger partial charge in [0.15, 0.2) is 0 Å². The highest BCUT2D eigenvalue weighted by Crippen LogP contribution is 2.31. The van der Waals surface area contributed by atoms with Gasteiger partial charge in [-0.15, -0.1) is 0 Å². The number of hydrogen-bond donors (Lipinski definition) is 1. The van der Waals surface area contributed by atoms with Gasteiger partial charge in [0, 0.05) is 12.0 Å². The molecule has 0 saturated heterocycles. The van der Waals surface area contributed by atoms with Crippen molar-refractivity contribution in [3.63, 3.8) is 0 Å². The Morgan fingerprint density at radius 3 is 2.12 bits per heavy atom. The number of fused-ring (bicyclic) bond motifs is 1. The first-order valence-electron chi connectivity index (χ1n) is 10.5. The Balaban J connectivity index is 1.52. The van der Waals surface area contributed by atoms with E-state index in [2.05, 4.69) is 34.2 Å². The van der Waals surface area contributed by atoms with E-state index in [0.29, 0.717) is 13.0 Å². The minimum absolute atomic E-state index is 0.254. The maximum absolute atomic E-state index is 6.14. The monoisotopic (exact) mass is 418 g/mol. The second kappa shape index (κ2) is 8.86. The molecule has 156 valence electrons. The van der Waals surface area contributed by atoms with Gasteiger partial charge in [0.1, 0.15) is 17.9 Å². The van der Waals surface area contributed by atoms with Crippen LogP contribution in [-0.4, -0.2) is 15.0 Å². The first kappa shape index (κ1) is 19.7. The predicted octanol–water partition coefficient (Wildman–Crippen LogP) is 5.44. The number of aromatic nitrogens is 3. The molecule has 2 heterocycles. The van der Waals surface area contributed by atoms with E-state index in [1.807, 2.05) is 72.8 Å². The molecule has 2 aromatic heterocycles. The van der Waals surface area contributed by atoms with Crippen molar-refractivity contribution in [3.8, 4) is 17.0 Å². The van der Waals surface area contributed by atoms with Crippen molar-refractivity contribution < 1.29 is 4.74 Å². The first-order valence-corrected chi connectivity index (χ1v) is 10.5. The molecule has 0 saturated carbocycles. The van der Waals surface area contributed by atoms with Crippen LogP contribution in [0.2, 0.25) is 0 Å². The number of ether oxygens (including phenoxy) is 1.